The van der Waals surface area contributed by atoms with Crippen molar-refractivity contribution >= 4 is 15.7 Å². The zero-order valence-corrected chi connectivity index (χ0v) is 11.8. The minimum Gasteiger partial charge on any atom is -0.388 e. The van der Waals surface area contributed by atoms with E-state index in [1.165, 1.54) is 21.3 Å². The summed E-state index contributed by atoms with van der Waals surface area (Å²) in [6, 6.07) is 8.50. The number of hydrogen-bond donors (Lipinski definition) is 1. The van der Waals surface area contributed by atoms with Gasteiger partial charge in [0.15, 0.2) is 5.03 Å². The molecule has 1 N–H and O–H groups in total. The number of anilines is 1. The summed E-state index contributed by atoms with van der Waals surface area (Å²) in [4.78, 5) is 0. The fourth-order valence-corrected chi connectivity index (χ4v) is 4.10. The first-order chi connectivity index (χ1) is 9.51. The molecule has 0 aliphatic carbocycles. The smallest absolute Gasteiger partial charge is 0.281 e. The van der Waals surface area contributed by atoms with Crippen molar-refractivity contribution in [2.24, 2.45) is 7.05 Å². The molecule has 106 valence electrons. The Morgan fingerprint density at radius 2 is 2.05 bits per heavy atom. The molecule has 1 aliphatic heterocycles. The summed E-state index contributed by atoms with van der Waals surface area (Å²) in [5, 5.41) is 14.0. The van der Waals surface area contributed by atoms with Crippen LogP contribution in [0.5, 0.6) is 0 Å². The Hall–Kier alpha value is -1.86. The van der Waals surface area contributed by atoms with Crippen LogP contribution in [0.15, 0.2) is 41.6 Å². The topological polar surface area (TPSA) is 75.4 Å². The van der Waals surface area contributed by atoms with Crippen LogP contribution in [0.4, 0.5) is 5.69 Å². The molecule has 20 heavy (non-hydrogen) atoms. The number of aliphatic hydroxyl groups is 1. The quantitative estimate of drug-likeness (QED) is 0.898. The lowest BCUT2D eigenvalue weighted by Gasteiger charge is -2.32. The minimum absolute atomic E-state index is 0.142. The van der Waals surface area contributed by atoms with E-state index in [0.717, 1.165) is 0 Å². The van der Waals surface area contributed by atoms with Gasteiger partial charge < -0.3 is 5.11 Å². The van der Waals surface area contributed by atoms with E-state index < -0.39 is 16.1 Å². The first-order valence-corrected chi connectivity index (χ1v) is 7.73. The van der Waals surface area contributed by atoms with Gasteiger partial charge in [-0.2, -0.15) is 13.5 Å². The Bertz CT molecular complexity index is 739. The van der Waals surface area contributed by atoms with Gasteiger partial charge in [-0.15, -0.1) is 0 Å². The highest BCUT2D eigenvalue weighted by atomic mass is 32.2. The van der Waals surface area contributed by atoms with Gasteiger partial charge in [-0.05, 0) is 18.6 Å². The molecule has 1 aromatic heterocycles. The fourth-order valence-electron chi connectivity index (χ4n) is 2.49. The fraction of sp³-hybridized carbons (Fsp3) is 0.308. The van der Waals surface area contributed by atoms with E-state index in [2.05, 4.69) is 5.10 Å². The monoisotopic (exact) mass is 293 g/mol. The highest BCUT2D eigenvalue weighted by molar-refractivity contribution is 7.92. The maximum Gasteiger partial charge on any atom is 0.281 e. The molecule has 2 aromatic rings. The van der Waals surface area contributed by atoms with E-state index in [0.29, 0.717) is 17.7 Å². The molecule has 0 amide bonds. The van der Waals surface area contributed by atoms with Crippen LogP contribution in [-0.4, -0.2) is 29.8 Å². The van der Waals surface area contributed by atoms with Crippen LogP contribution >= 0.6 is 0 Å². The number of aliphatic hydroxyl groups excluding tert-OH is 1. The Labute approximate surface area is 117 Å². The molecule has 6 nitrogen and oxygen atoms in total. The molecule has 0 radical (unpaired) electrons. The Morgan fingerprint density at radius 3 is 2.75 bits per heavy atom. The summed E-state index contributed by atoms with van der Waals surface area (Å²) in [6.07, 6.45) is 1.22. The van der Waals surface area contributed by atoms with Gasteiger partial charge in [0.05, 0.1) is 18.0 Å². The lowest BCUT2D eigenvalue weighted by atomic mass is 10.0. The first kappa shape index (κ1) is 13.1. The lowest BCUT2D eigenvalue weighted by Crippen LogP contribution is -2.37. The molecule has 0 bridgehead atoms. The predicted molar refractivity (Wildman–Crippen MR) is 73.8 cm³/mol. The van der Waals surface area contributed by atoms with E-state index >= 15 is 0 Å². The molecule has 7 heteroatoms. The number of fused-ring (bicyclic) bond motifs is 1. The van der Waals surface area contributed by atoms with Crippen LogP contribution in [-0.2, 0) is 17.1 Å². The van der Waals surface area contributed by atoms with Gasteiger partial charge in [-0.25, -0.2) is 0 Å². The van der Waals surface area contributed by atoms with Gasteiger partial charge in [0.1, 0.15) is 0 Å². The molecule has 1 unspecified atom stereocenters. The molecule has 2 heterocycles. The van der Waals surface area contributed by atoms with E-state index in [4.69, 9.17) is 0 Å². The number of aryl methyl sites for hydroxylation is 1. The SMILES string of the molecule is Cn1nccc1S(=O)(=O)N1CCC(O)c2ccccc21. The second kappa shape index (κ2) is 4.60. The van der Waals surface area contributed by atoms with Crippen LogP contribution in [0.25, 0.3) is 0 Å². The third kappa shape index (κ3) is 1.90. The van der Waals surface area contributed by atoms with Crippen molar-refractivity contribution in [1.29, 1.82) is 0 Å². The molecule has 0 saturated carbocycles. The van der Waals surface area contributed by atoms with Crippen molar-refractivity contribution < 1.29 is 13.5 Å². The summed E-state index contributed by atoms with van der Waals surface area (Å²) in [6.45, 7) is 0.256. The average Bonchev–Trinajstić information content (AvgIpc) is 2.86. The van der Waals surface area contributed by atoms with Crippen LogP contribution < -0.4 is 4.31 Å². The first-order valence-electron chi connectivity index (χ1n) is 6.29. The number of sulfonamides is 1. The van der Waals surface area contributed by atoms with Crippen LogP contribution in [0.2, 0.25) is 0 Å². The minimum atomic E-state index is -3.66. The van der Waals surface area contributed by atoms with Gasteiger partial charge in [0, 0.05) is 19.2 Å². The van der Waals surface area contributed by atoms with Gasteiger partial charge in [-0.1, -0.05) is 18.2 Å². The van der Waals surface area contributed by atoms with Crippen LogP contribution in [0, 0.1) is 0 Å². The molecular weight excluding hydrogens is 278 g/mol. The van der Waals surface area contributed by atoms with Crippen LogP contribution in [0.3, 0.4) is 0 Å². The number of hydrogen-bond acceptors (Lipinski definition) is 4. The van der Waals surface area contributed by atoms with Crippen molar-refractivity contribution in [3.8, 4) is 0 Å². The van der Waals surface area contributed by atoms with Crippen molar-refractivity contribution in [3.05, 3.63) is 42.1 Å². The maximum atomic E-state index is 12.7. The molecule has 0 saturated heterocycles. The van der Waals surface area contributed by atoms with Gasteiger partial charge >= 0.3 is 0 Å². The number of benzene rings is 1. The number of nitrogens with zero attached hydrogens (tertiary/aromatic N) is 3. The van der Waals surface area contributed by atoms with Gasteiger partial charge in [0.2, 0.25) is 0 Å². The van der Waals surface area contributed by atoms with Crippen molar-refractivity contribution in [2.75, 3.05) is 10.8 Å². The highest BCUT2D eigenvalue weighted by Gasteiger charge is 2.33. The van der Waals surface area contributed by atoms with Crippen molar-refractivity contribution in [1.82, 2.24) is 9.78 Å². The molecule has 1 atom stereocenters. The van der Waals surface area contributed by atoms with Crippen molar-refractivity contribution in [3.63, 3.8) is 0 Å². The average molecular weight is 293 g/mol. The third-order valence-electron chi connectivity index (χ3n) is 3.50. The number of rotatable bonds is 2. The Kier molecular flexibility index (Phi) is 3.02. The second-order valence-electron chi connectivity index (χ2n) is 4.73. The standard InChI is InChI=1S/C13H15N3O3S/c1-15-13(6-8-14-15)20(18,19)16-9-7-12(17)10-4-2-3-5-11(10)16/h2-6,8,12,17H,7,9H2,1H3. The normalized spacial score (nSPS) is 18.9. The molecule has 3 rings (SSSR count). The molecule has 1 aromatic carbocycles. The molecular formula is C13H15N3O3S. The third-order valence-corrected chi connectivity index (χ3v) is 5.39. The molecule has 0 spiro atoms. The summed E-state index contributed by atoms with van der Waals surface area (Å²) >= 11 is 0. The number of para-hydroxylation sites is 1. The van der Waals surface area contributed by atoms with E-state index in [1.807, 2.05) is 0 Å². The summed E-state index contributed by atoms with van der Waals surface area (Å²) in [5.41, 5.74) is 1.18. The zero-order valence-electron chi connectivity index (χ0n) is 11.0. The summed E-state index contributed by atoms with van der Waals surface area (Å²) < 4.78 is 28.1. The molecule has 1 aliphatic rings. The lowest BCUT2D eigenvalue weighted by molar-refractivity contribution is 0.166. The van der Waals surface area contributed by atoms with E-state index in [1.54, 1.807) is 31.3 Å². The van der Waals surface area contributed by atoms with E-state index in [-0.39, 0.29) is 11.6 Å². The maximum absolute atomic E-state index is 12.7. The number of aromatic nitrogens is 2. The zero-order chi connectivity index (χ0) is 14.3. The Balaban J connectivity index is 2.13. The van der Waals surface area contributed by atoms with E-state index in [9.17, 15) is 13.5 Å². The van der Waals surface area contributed by atoms with Gasteiger partial charge in [0.25, 0.3) is 10.0 Å². The van der Waals surface area contributed by atoms with Crippen molar-refractivity contribution in [2.45, 2.75) is 17.6 Å². The molecule has 0 fully saturated rings. The summed E-state index contributed by atoms with van der Waals surface area (Å²) in [7, 11) is -2.07. The second-order valence-corrected chi connectivity index (χ2v) is 6.54. The van der Waals surface area contributed by atoms with Gasteiger partial charge in [-0.3, -0.25) is 8.99 Å². The predicted octanol–water partition coefficient (Wildman–Crippen LogP) is 1.05. The largest absolute Gasteiger partial charge is 0.388 e. The summed E-state index contributed by atoms with van der Waals surface area (Å²) in [5.74, 6) is 0. The van der Waals surface area contributed by atoms with Crippen LogP contribution in [0.1, 0.15) is 18.1 Å². The highest BCUT2D eigenvalue weighted by Crippen LogP contribution is 2.36. The Morgan fingerprint density at radius 1 is 1.30 bits per heavy atom.